The first-order valence-corrected chi connectivity index (χ1v) is 11.0. The highest BCUT2D eigenvalue weighted by Gasteiger charge is 2.47. The van der Waals surface area contributed by atoms with Gasteiger partial charge in [-0.1, -0.05) is 56.1 Å². The van der Waals surface area contributed by atoms with Crippen molar-refractivity contribution in [1.82, 2.24) is 0 Å². The zero-order valence-electron chi connectivity index (χ0n) is 16.3. The maximum absolute atomic E-state index is 13.1. The second-order valence-electron chi connectivity index (χ2n) is 7.08. The van der Waals surface area contributed by atoms with Crippen LogP contribution in [0.2, 0.25) is 0 Å². The molecular weight excluding hydrogens is 542 g/mol. The van der Waals surface area contributed by atoms with Crippen molar-refractivity contribution < 1.29 is 24.6 Å². The van der Waals surface area contributed by atoms with Crippen LogP contribution in [0.1, 0.15) is 27.5 Å². The predicted octanol–water partition coefficient (Wildman–Crippen LogP) is 5.54. The van der Waals surface area contributed by atoms with Gasteiger partial charge in [0.05, 0.1) is 17.2 Å². The Labute approximate surface area is 200 Å². The minimum absolute atomic E-state index is 0.00698. The lowest BCUT2D eigenvalue weighted by Gasteiger charge is -2.25. The van der Waals surface area contributed by atoms with Crippen molar-refractivity contribution in [3.05, 3.63) is 104 Å². The molecule has 1 fully saturated rings. The molecule has 4 rings (SSSR count). The molecule has 1 saturated heterocycles. The van der Waals surface area contributed by atoms with Crippen molar-refractivity contribution in [2.45, 2.75) is 6.04 Å². The van der Waals surface area contributed by atoms with Crippen LogP contribution >= 0.6 is 31.9 Å². The number of ketones is 1. The van der Waals surface area contributed by atoms with Gasteiger partial charge in [-0.25, -0.2) is 4.79 Å². The number of hydrogen-bond acceptors (Lipinski definition) is 4. The molecule has 0 bridgehead atoms. The summed E-state index contributed by atoms with van der Waals surface area (Å²) < 4.78 is 1.58. The van der Waals surface area contributed by atoms with E-state index in [-0.39, 0.29) is 16.9 Å². The van der Waals surface area contributed by atoms with Gasteiger partial charge in [-0.3, -0.25) is 14.5 Å². The summed E-state index contributed by atoms with van der Waals surface area (Å²) in [4.78, 5) is 39.0. The summed E-state index contributed by atoms with van der Waals surface area (Å²) in [7, 11) is 0. The Kier molecular flexibility index (Phi) is 5.99. The summed E-state index contributed by atoms with van der Waals surface area (Å²) >= 11 is 6.68. The van der Waals surface area contributed by atoms with E-state index in [1.54, 1.807) is 60.7 Å². The molecular formula is C24H15Br2NO5. The van der Waals surface area contributed by atoms with Crippen LogP contribution in [-0.4, -0.2) is 27.9 Å². The van der Waals surface area contributed by atoms with E-state index in [2.05, 4.69) is 31.9 Å². The Morgan fingerprint density at radius 1 is 0.812 bits per heavy atom. The van der Waals surface area contributed by atoms with Crippen LogP contribution in [0.5, 0.6) is 0 Å². The normalized spacial score (nSPS) is 17.6. The van der Waals surface area contributed by atoms with Gasteiger partial charge in [0.25, 0.3) is 11.7 Å². The fourth-order valence-electron chi connectivity index (χ4n) is 3.62. The first-order chi connectivity index (χ1) is 15.3. The number of Topliss-reactive ketones (excluding diaryl/α,β-unsaturated/α-hetero) is 1. The van der Waals surface area contributed by atoms with E-state index in [0.29, 0.717) is 16.8 Å². The number of halogens is 2. The first kappa shape index (κ1) is 22.0. The molecule has 1 aliphatic heterocycles. The Hall–Kier alpha value is -3.23. The fourth-order valence-corrected chi connectivity index (χ4v) is 4.15. The van der Waals surface area contributed by atoms with Gasteiger partial charge < -0.3 is 10.2 Å². The maximum Gasteiger partial charge on any atom is 0.335 e. The molecule has 6 nitrogen and oxygen atoms in total. The molecule has 8 heteroatoms. The van der Waals surface area contributed by atoms with E-state index < -0.39 is 23.7 Å². The smallest absolute Gasteiger partial charge is 0.335 e. The molecule has 0 aliphatic carbocycles. The lowest BCUT2D eigenvalue weighted by atomic mass is 9.94. The number of amides is 1. The van der Waals surface area contributed by atoms with Gasteiger partial charge in [-0.05, 0) is 54.1 Å². The van der Waals surface area contributed by atoms with E-state index in [4.69, 9.17) is 0 Å². The van der Waals surface area contributed by atoms with Crippen LogP contribution < -0.4 is 4.90 Å². The molecule has 3 aromatic rings. The van der Waals surface area contributed by atoms with E-state index in [9.17, 15) is 24.6 Å². The summed E-state index contributed by atoms with van der Waals surface area (Å²) in [6, 6.07) is 18.5. The largest absolute Gasteiger partial charge is 0.507 e. The fraction of sp³-hybridized carbons (Fsp3) is 0.0417. The van der Waals surface area contributed by atoms with Gasteiger partial charge in [0, 0.05) is 20.2 Å². The van der Waals surface area contributed by atoms with Gasteiger partial charge in [-0.2, -0.15) is 0 Å². The molecule has 0 aromatic heterocycles. The van der Waals surface area contributed by atoms with Gasteiger partial charge in [0.1, 0.15) is 5.76 Å². The van der Waals surface area contributed by atoms with Crippen LogP contribution in [-0.2, 0) is 9.59 Å². The third-order valence-corrected chi connectivity index (χ3v) is 6.17. The molecule has 1 unspecified atom stereocenters. The van der Waals surface area contributed by atoms with Crippen molar-refractivity contribution in [3.8, 4) is 0 Å². The molecule has 1 heterocycles. The number of aliphatic hydroxyl groups is 1. The quantitative estimate of drug-likeness (QED) is 0.250. The summed E-state index contributed by atoms with van der Waals surface area (Å²) in [5.74, 6) is -3.13. The van der Waals surface area contributed by atoms with E-state index in [0.717, 1.165) is 8.95 Å². The summed E-state index contributed by atoms with van der Waals surface area (Å²) in [6.07, 6.45) is 0. The highest BCUT2D eigenvalue weighted by atomic mass is 79.9. The van der Waals surface area contributed by atoms with E-state index in [1.807, 2.05) is 0 Å². The van der Waals surface area contributed by atoms with Crippen LogP contribution in [0.4, 0.5) is 5.69 Å². The van der Waals surface area contributed by atoms with Gasteiger partial charge in [-0.15, -0.1) is 0 Å². The molecule has 1 amide bonds. The monoisotopic (exact) mass is 555 g/mol. The third kappa shape index (κ3) is 3.99. The van der Waals surface area contributed by atoms with Crippen molar-refractivity contribution in [3.63, 3.8) is 0 Å². The molecule has 160 valence electrons. The number of aliphatic hydroxyl groups excluding tert-OH is 1. The second-order valence-corrected chi connectivity index (χ2v) is 8.91. The van der Waals surface area contributed by atoms with Crippen LogP contribution in [0.3, 0.4) is 0 Å². The molecule has 0 saturated carbocycles. The number of carboxylic acids is 1. The predicted molar refractivity (Wildman–Crippen MR) is 126 cm³/mol. The van der Waals surface area contributed by atoms with Crippen LogP contribution in [0.15, 0.2) is 87.3 Å². The number of aromatic carboxylic acids is 1. The molecule has 2 N–H and O–H groups in total. The molecule has 0 spiro atoms. The summed E-state index contributed by atoms with van der Waals surface area (Å²) in [5, 5.41) is 20.5. The molecule has 1 aliphatic rings. The minimum atomic E-state index is -1.14. The highest BCUT2D eigenvalue weighted by Crippen LogP contribution is 2.42. The average Bonchev–Trinajstić information content (AvgIpc) is 3.05. The molecule has 1 atom stereocenters. The third-order valence-electron chi connectivity index (χ3n) is 5.12. The number of benzene rings is 3. The van der Waals surface area contributed by atoms with Gasteiger partial charge in [0.15, 0.2) is 0 Å². The Morgan fingerprint density at radius 3 is 2.00 bits per heavy atom. The highest BCUT2D eigenvalue weighted by molar-refractivity contribution is 9.10. The lowest BCUT2D eigenvalue weighted by Crippen LogP contribution is -2.29. The maximum atomic E-state index is 13.1. The number of anilines is 1. The first-order valence-electron chi connectivity index (χ1n) is 9.43. The SMILES string of the molecule is O=C1C(=O)N(c2ccc(Br)cc2)C(c2cccc(C(=O)O)c2)C1=C(O)c1ccc(Br)cc1. The molecule has 32 heavy (non-hydrogen) atoms. The number of carbonyl (C=O) groups is 3. The number of carbonyl (C=O) groups excluding carboxylic acids is 2. The zero-order valence-corrected chi connectivity index (χ0v) is 19.5. The second kappa shape index (κ2) is 8.72. The standard InChI is InChI=1S/C24H15Br2NO5/c25-16-6-4-13(5-7-16)21(28)19-20(14-2-1-3-15(12-14)24(31)32)27(23(30)22(19)29)18-10-8-17(26)9-11-18/h1-12,20,28H,(H,31,32). The Bertz CT molecular complexity index is 1270. The van der Waals surface area contributed by atoms with Crippen molar-refractivity contribution in [2.24, 2.45) is 0 Å². The number of hydrogen-bond donors (Lipinski definition) is 2. The average molecular weight is 557 g/mol. The van der Waals surface area contributed by atoms with Gasteiger partial charge in [0.2, 0.25) is 0 Å². The molecule has 0 radical (unpaired) electrons. The van der Waals surface area contributed by atoms with Gasteiger partial charge >= 0.3 is 5.97 Å². The topological polar surface area (TPSA) is 94.9 Å². The lowest BCUT2D eigenvalue weighted by molar-refractivity contribution is -0.132. The Balaban J connectivity index is 1.96. The molecule has 3 aromatic carbocycles. The zero-order chi connectivity index (χ0) is 23.0. The summed E-state index contributed by atoms with van der Waals surface area (Å²) in [6.45, 7) is 0. The Morgan fingerprint density at radius 2 is 1.41 bits per heavy atom. The van der Waals surface area contributed by atoms with E-state index >= 15 is 0 Å². The number of rotatable bonds is 4. The van der Waals surface area contributed by atoms with Crippen LogP contribution in [0, 0.1) is 0 Å². The van der Waals surface area contributed by atoms with Crippen molar-refractivity contribution in [2.75, 3.05) is 4.90 Å². The van der Waals surface area contributed by atoms with E-state index in [1.165, 1.54) is 17.0 Å². The number of nitrogens with zero attached hydrogens (tertiary/aromatic N) is 1. The number of carboxylic acid groups (broad SMARTS) is 1. The van der Waals surface area contributed by atoms with Crippen LogP contribution in [0.25, 0.3) is 5.76 Å². The summed E-state index contributed by atoms with van der Waals surface area (Å²) in [5.41, 5.74) is 1.10. The minimum Gasteiger partial charge on any atom is -0.507 e. The van der Waals surface area contributed by atoms with Crippen molar-refractivity contribution >= 4 is 61.0 Å². The van der Waals surface area contributed by atoms with Crippen molar-refractivity contribution in [1.29, 1.82) is 0 Å².